The van der Waals surface area contributed by atoms with Crippen molar-refractivity contribution in [2.24, 2.45) is 11.1 Å². The second-order valence-electron chi connectivity index (χ2n) is 4.49. The molecular weight excluding hydrogens is 252 g/mol. The van der Waals surface area contributed by atoms with Crippen LogP contribution in [0.4, 0.5) is 5.69 Å². The van der Waals surface area contributed by atoms with E-state index in [4.69, 9.17) is 9.88 Å². The Morgan fingerprint density at radius 3 is 2.61 bits per heavy atom. The van der Waals surface area contributed by atoms with Gasteiger partial charge in [-0.2, -0.15) is 0 Å². The van der Waals surface area contributed by atoms with Crippen LogP contribution in [-0.2, 0) is 10.0 Å². The molecule has 0 heterocycles. The molecule has 0 fully saturated rings. The van der Waals surface area contributed by atoms with E-state index in [1.165, 1.54) is 0 Å². The van der Waals surface area contributed by atoms with E-state index in [0.717, 1.165) is 11.4 Å². The molecule has 0 saturated heterocycles. The van der Waals surface area contributed by atoms with E-state index in [1.807, 2.05) is 24.3 Å². The average molecular weight is 272 g/mol. The molecule has 0 bridgehead atoms. The number of ether oxygens (including phenoxy) is 1. The molecule has 0 unspecified atom stereocenters. The molecule has 18 heavy (non-hydrogen) atoms. The normalized spacial score (nSPS) is 11.6. The van der Waals surface area contributed by atoms with Gasteiger partial charge in [-0.1, -0.05) is 26.0 Å². The Bertz CT molecular complexity index is 472. The fourth-order valence-electron chi connectivity index (χ4n) is 1.32. The molecule has 0 saturated carbocycles. The number of nitrogens with one attached hydrogen (secondary N) is 1. The number of anilines is 1. The van der Waals surface area contributed by atoms with Crippen molar-refractivity contribution in [2.45, 2.75) is 13.8 Å². The van der Waals surface area contributed by atoms with Crippen molar-refractivity contribution in [2.75, 3.05) is 24.2 Å². The van der Waals surface area contributed by atoms with Crippen LogP contribution in [0.25, 0.3) is 0 Å². The standard InChI is InChI=1S/C12H20N2O3S/c1-10(2)9-17-12-6-4-3-5-11(12)14-7-8-18(13,15)16/h3-6,10,14H,7-9H2,1-2H3,(H2,13,15,16). The smallest absolute Gasteiger partial charge is 0.210 e. The van der Waals surface area contributed by atoms with Gasteiger partial charge in [0.25, 0.3) is 0 Å². The molecular formula is C12H20N2O3S. The van der Waals surface area contributed by atoms with Crippen LogP contribution in [0.5, 0.6) is 5.75 Å². The van der Waals surface area contributed by atoms with Gasteiger partial charge in [-0.3, -0.25) is 0 Å². The van der Waals surface area contributed by atoms with Crippen molar-refractivity contribution < 1.29 is 13.2 Å². The zero-order valence-electron chi connectivity index (χ0n) is 10.7. The Morgan fingerprint density at radius 1 is 1.33 bits per heavy atom. The molecule has 1 aromatic rings. The number of sulfonamides is 1. The molecule has 102 valence electrons. The highest BCUT2D eigenvalue weighted by molar-refractivity contribution is 7.89. The molecule has 5 nitrogen and oxygen atoms in total. The van der Waals surface area contributed by atoms with Crippen molar-refractivity contribution in [1.29, 1.82) is 0 Å². The molecule has 3 N–H and O–H groups in total. The summed E-state index contributed by atoms with van der Waals surface area (Å²) in [5.41, 5.74) is 0.779. The van der Waals surface area contributed by atoms with E-state index in [0.29, 0.717) is 12.5 Å². The largest absolute Gasteiger partial charge is 0.491 e. The van der Waals surface area contributed by atoms with Gasteiger partial charge in [-0.15, -0.1) is 0 Å². The summed E-state index contributed by atoms with van der Waals surface area (Å²) in [5, 5.41) is 7.95. The van der Waals surface area contributed by atoms with Gasteiger partial charge in [0.15, 0.2) is 0 Å². The molecule has 0 amide bonds. The summed E-state index contributed by atoms with van der Waals surface area (Å²) in [6.45, 7) is 5.02. The lowest BCUT2D eigenvalue weighted by Gasteiger charge is -2.14. The van der Waals surface area contributed by atoms with Crippen LogP contribution >= 0.6 is 0 Å². The van der Waals surface area contributed by atoms with Gasteiger partial charge >= 0.3 is 0 Å². The zero-order chi connectivity index (χ0) is 13.6. The van der Waals surface area contributed by atoms with Crippen LogP contribution < -0.4 is 15.2 Å². The third-order valence-corrected chi connectivity index (χ3v) is 2.93. The first-order valence-electron chi connectivity index (χ1n) is 5.84. The van der Waals surface area contributed by atoms with E-state index >= 15 is 0 Å². The number of hydrogen-bond acceptors (Lipinski definition) is 4. The summed E-state index contributed by atoms with van der Waals surface area (Å²) in [6, 6.07) is 7.43. The number of nitrogens with two attached hydrogens (primary N) is 1. The third-order valence-electron chi connectivity index (χ3n) is 2.16. The topological polar surface area (TPSA) is 81.4 Å². The minimum atomic E-state index is -3.44. The van der Waals surface area contributed by atoms with Gasteiger partial charge in [-0.05, 0) is 18.1 Å². The molecule has 0 aliphatic carbocycles. The Balaban J connectivity index is 2.59. The Morgan fingerprint density at radius 2 is 2.00 bits per heavy atom. The van der Waals surface area contributed by atoms with Gasteiger partial charge < -0.3 is 10.1 Å². The third kappa shape index (κ3) is 5.88. The summed E-state index contributed by atoms with van der Waals surface area (Å²) >= 11 is 0. The van der Waals surface area contributed by atoms with E-state index in [9.17, 15) is 8.42 Å². The molecule has 0 aliphatic heterocycles. The fourth-order valence-corrected chi connectivity index (χ4v) is 1.71. The van der Waals surface area contributed by atoms with Crippen LogP contribution in [0.3, 0.4) is 0 Å². The number of primary sulfonamides is 1. The number of rotatable bonds is 7. The molecule has 0 radical (unpaired) electrons. The monoisotopic (exact) mass is 272 g/mol. The predicted molar refractivity (Wildman–Crippen MR) is 73.2 cm³/mol. The van der Waals surface area contributed by atoms with Crippen molar-refractivity contribution in [3.05, 3.63) is 24.3 Å². The van der Waals surface area contributed by atoms with Gasteiger partial charge in [0.1, 0.15) is 5.75 Å². The van der Waals surface area contributed by atoms with E-state index in [1.54, 1.807) is 0 Å². The molecule has 0 spiro atoms. The van der Waals surface area contributed by atoms with Crippen LogP contribution in [-0.4, -0.2) is 27.3 Å². The fraction of sp³-hybridized carbons (Fsp3) is 0.500. The van der Waals surface area contributed by atoms with Crippen LogP contribution in [0.2, 0.25) is 0 Å². The Hall–Kier alpha value is -1.27. The van der Waals surface area contributed by atoms with Gasteiger partial charge in [-0.25, -0.2) is 13.6 Å². The molecule has 0 atom stereocenters. The molecule has 0 aromatic heterocycles. The second-order valence-corrected chi connectivity index (χ2v) is 6.23. The quantitative estimate of drug-likeness (QED) is 0.786. The van der Waals surface area contributed by atoms with Crippen molar-refractivity contribution in [3.63, 3.8) is 0 Å². The number of hydrogen-bond donors (Lipinski definition) is 2. The van der Waals surface area contributed by atoms with Crippen LogP contribution in [0, 0.1) is 5.92 Å². The maximum atomic E-state index is 10.8. The molecule has 6 heteroatoms. The lowest BCUT2D eigenvalue weighted by Crippen LogP contribution is -2.22. The second kappa shape index (κ2) is 6.61. The number of benzene rings is 1. The SMILES string of the molecule is CC(C)COc1ccccc1NCCS(N)(=O)=O. The molecule has 0 aliphatic rings. The summed E-state index contributed by atoms with van der Waals surface area (Å²) in [7, 11) is -3.44. The van der Waals surface area contributed by atoms with E-state index in [-0.39, 0.29) is 12.3 Å². The minimum absolute atomic E-state index is 0.106. The van der Waals surface area contributed by atoms with Crippen LogP contribution in [0.1, 0.15) is 13.8 Å². The minimum Gasteiger partial charge on any atom is -0.491 e. The van der Waals surface area contributed by atoms with E-state index in [2.05, 4.69) is 19.2 Å². The van der Waals surface area contributed by atoms with Crippen molar-refractivity contribution in [1.82, 2.24) is 0 Å². The number of para-hydroxylation sites is 2. The van der Waals surface area contributed by atoms with Crippen LogP contribution in [0.15, 0.2) is 24.3 Å². The zero-order valence-corrected chi connectivity index (χ0v) is 11.5. The molecule has 1 rings (SSSR count). The lowest BCUT2D eigenvalue weighted by molar-refractivity contribution is 0.272. The summed E-state index contributed by atoms with van der Waals surface area (Å²) in [4.78, 5) is 0. The van der Waals surface area contributed by atoms with Gasteiger partial charge in [0, 0.05) is 6.54 Å². The average Bonchev–Trinajstić information content (AvgIpc) is 2.26. The van der Waals surface area contributed by atoms with E-state index < -0.39 is 10.0 Å². The highest BCUT2D eigenvalue weighted by Gasteiger charge is 2.06. The first-order valence-corrected chi connectivity index (χ1v) is 7.56. The first kappa shape index (κ1) is 14.8. The predicted octanol–water partition coefficient (Wildman–Crippen LogP) is 1.42. The van der Waals surface area contributed by atoms with Gasteiger partial charge in [0.2, 0.25) is 10.0 Å². The molecule has 1 aromatic carbocycles. The highest BCUT2D eigenvalue weighted by Crippen LogP contribution is 2.23. The maximum absolute atomic E-state index is 10.8. The Kier molecular flexibility index (Phi) is 5.43. The summed E-state index contributed by atoms with van der Waals surface area (Å²) < 4.78 is 27.3. The Labute approximate surface area is 108 Å². The first-order chi connectivity index (χ1) is 8.38. The lowest BCUT2D eigenvalue weighted by atomic mass is 10.2. The van der Waals surface area contributed by atoms with Crippen molar-refractivity contribution in [3.8, 4) is 5.75 Å². The van der Waals surface area contributed by atoms with Gasteiger partial charge in [0.05, 0.1) is 18.0 Å². The van der Waals surface area contributed by atoms with Crippen molar-refractivity contribution >= 4 is 15.7 Å². The highest BCUT2D eigenvalue weighted by atomic mass is 32.2. The maximum Gasteiger partial charge on any atom is 0.210 e. The summed E-state index contributed by atoms with van der Waals surface area (Å²) in [5.74, 6) is 1.05. The summed E-state index contributed by atoms with van der Waals surface area (Å²) in [6.07, 6.45) is 0.